The molecule has 5 heteroatoms. The fraction of sp³-hybridized carbons (Fsp3) is 0.714. The van der Waals surface area contributed by atoms with Crippen molar-refractivity contribution in [3.63, 3.8) is 0 Å². The van der Waals surface area contributed by atoms with Crippen LogP contribution in [-0.2, 0) is 11.3 Å². The third kappa shape index (κ3) is 3.47. The highest BCUT2D eigenvalue weighted by atomic mass is 32.1. The van der Waals surface area contributed by atoms with Crippen LogP contribution >= 0.6 is 11.3 Å². The van der Waals surface area contributed by atoms with Crippen molar-refractivity contribution in [2.24, 2.45) is 11.3 Å². The predicted molar refractivity (Wildman–Crippen MR) is 79.3 cm³/mol. The van der Waals surface area contributed by atoms with Gasteiger partial charge in [-0.1, -0.05) is 20.8 Å². The Balaban J connectivity index is 1.97. The molecule has 2 rings (SSSR count). The molecule has 0 saturated carbocycles. The zero-order valence-electron chi connectivity index (χ0n) is 12.2. The summed E-state index contributed by atoms with van der Waals surface area (Å²) < 4.78 is 0. The Morgan fingerprint density at radius 2 is 2.26 bits per heavy atom. The van der Waals surface area contributed by atoms with Crippen molar-refractivity contribution >= 4 is 22.4 Å². The Kier molecular flexibility index (Phi) is 4.13. The lowest BCUT2D eigenvalue weighted by atomic mass is 9.80. The fourth-order valence-electron chi connectivity index (χ4n) is 2.31. The van der Waals surface area contributed by atoms with Crippen LogP contribution in [0.3, 0.4) is 0 Å². The molecule has 0 aromatic carbocycles. The molecule has 1 amide bonds. The van der Waals surface area contributed by atoms with Gasteiger partial charge in [-0.3, -0.25) is 4.79 Å². The Morgan fingerprint density at radius 3 is 2.84 bits per heavy atom. The number of anilines is 1. The minimum atomic E-state index is 0.201. The number of thiazole rings is 1. The standard InChI is InChI=1S/C14H23N3OS/c1-5-15-13-16-7-11(19-13)9-17-8-10(6-12(17)18)14(2,3)4/h7,10H,5-6,8-9H2,1-4H3,(H,15,16). The van der Waals surface area contributed by atoms with Crippen molar-refractivity contribution in [2.75, 3.05) is 18.4 Å². The van der Waals surface area contributed by atoms with Gasteiger partial charge in [0.15, 0.2) is 5.13 Å². The van der Waals surface area contributed by atoms with Gasteiger partial charge in [-0.05, 0) is 18.3 Å². The van der Waals surface area contributed by atoms with Crippen molar-refractivity contribution in [1.82, 2.24) is 9.88 Å². The summed E-state index contributed by atoms with van der Waals surface area (Å²) in [6.45, 7) is 11.1. The van der Waals surface area contributed by atoms with Gasteiger partial charge < -0.3 is 10.2 Å². The maximum absolute atomic E-state index is 12.1. The third-order valence-corrected chi connectivity index (χ3v) is 4.61. The van der Waals surface area contributed by atoms with E-state index in [9.17, 15) is 4.79 Å². The van der Waals surface area contributed by atoms with E-state index in [2.05, 4.69) is 38.0 Å². The third-order valence-electron chi connectivity index (χ3n) is 3.67. The maximum Gasteiger partial charge on any atom is 0.223 e. The van der Waals surface area contributed by atoms with E-state index in [1.807, 2.05) is 11.1 Å². The molecule has 0 radical (unpaired) electrons. The molecule has 19 heavy (non-hydrogen) atoms. The van der Waals surface area contributed by atoms with E-state index < -0.39 is 0 Å². The van der Waals surface area contributed by atoms with Crippen LogP contribution < -0.4 is 5.32 Å². The van der Waals surface area contributed by atoms with Crippen molar-refractivity contribution in [1.29, 1.82) is 0 Å². The lowest BCUT2D eigenvalue weighted by molar-refractivity contribution is -0.128. The van der Waals surface area contributed by atoms with Gasteiger partial charge in [-0.2, -0.15) is 0 Å². The summed E-state index contributed by atoms with van der Waals surface area (Å²) in [5.74, 6) is 0.736. The SMILES string of the molecule is CCNc1ncc(CN2CC(C(C)(C)C)CC2=O)s1. The first-order chi connectivity index (χ1) is 8.90. The topological polar surface area (TPSA) is 45.2 Å². The summed E-state index contributed by atoms with van der Waals surface area (Å²) in [6, 6.07) is 0. The first-order valence-electron chi connectivity index (χ1n) is 6.86. The number of carbonyl (C=O) groups excluding carboxylic acids is 1. The number of hydrogen-bond donors (Lipinski definition) is 1. The van der Waals surface area contributed by atoms with Crippen molar-refractivity contribution in [3.05, 3.63) is 11.1 Å². The molecule has 0 aliphatic carbocycles. The molecule has 1 aromatic heterocycles. The lowest BCUT2D eigenvalue weighted by Crippen LogP contribution is -2.27. The largest absolute Gasteiger partial charge is 0.362 e. The van der Waals surface area contributed by atoms with E-state index in [1.165, 1.54) is 0 Å². The quantitative estimate of drug-likeness (QED) is 0.923. The van der Waals surface area contributed by atoms with E-state index in [0.717, 1.165) is 23.1 Å². The molecule has 1 saturated heterocycles. The Labute approximate surface area is 119 Å². The average Bonchev–Trinajstić information content (AvgIpc) is 2.87. The zero-order valence-corrected chi connectivity index (χ0v) is 13.0. The minimum Gasteiger partial charge on any atom is -0.362 e. The Bertz CT molecular complexity index is 450. The molecular weight excluding hydrogens is 258 g/mol. The predicted octanol–water partition coefficient (Wildman–Crippen LogP) is 2.97. The molecule has 4 nitrogen and oxygen atoms in total. The molecule has 2 heterocycles. The number of nitrogens with zero attached hydrogens (tertiary/aromatic N) is 2. The highest BCUT2D eigenvalue weighted by molar-refractivity contribution is 7.15. The second-order valence-electron chi connectivity index (χ2n) is 6.20. The monoisotopic (exact) mass is 281 g/mol. The van der Waals surface area contributed by atoms with Crippen LogP contribution in [-0.4, -0.2) is 28.9 Å². The number of likely N-dealkylation sites (tertiary alicyclic amines) is 1. The van der Waals surface area contributed by atoms with Gasteiger partial charge in [0.1, 0.15) is 0 Å². The van der Waals surface area contributed by atoms with E-state index in [1.54, 1.807) is 11.3 Å². The van der Waals surface area contributed by atoms with E-state index in [4.69, 9.17) is 0 Å². The lowest BCUT2D eigenvalue weighted by Gasteiger charge is -2.26. The fourth-order valence-corrected chi connectivity index (χ4v) is 3.20. The van der Waals surface area contributed by atoms with Crippen LogP contribution in [0.2, 0.25) is 0 Å². The molecule has 1 atom stereocenters. The summed E-state index contributed by atoms with van der Waals surface area (Å²) in [5.41, 5.74) is 0.201. The smallest absolute Gasteiger partial charge is 0.223 e. The van der Waals surface area contributed by atoms with Gasteiger partial charge in [0.2, 0.25) is 5.91 Å². The maximum atomic E-state index is 12.1. The van der Waals surface area contributed by atoms with Crippen LogP contribution in [0.5, 0.6) is 0 Å². The van der Waals surface area contributed by atoms with Crippen molar-refractivity contribution in [3.8, 4) is 0 Å². The zero-order chi connectivity index (χ0) is 14.0. The molecular formula is C14H23N3OS. The van der Waals surface area contributed by atoms with Gasteiger partial charge in [0, 0.05) is 30.6 Å². The van der Waals surface area contributed by atoms with Gasteiger partial charge in [0.25, 0.3) is 0 Å². The second-order valence-corrected chi connectivity index (χ2v) is 7.32. The van der Waals surface area contributed by atoms with E-state index in [-0.39, 0.29) is 11.3 Å². The number of hydrogen-bond acceptors (Lipinski definition) is 4. The number of rotatable bonds is 4. The minimum absolute atomic E-state index is 0.201. The Hall–Kier alpha value is -1.10. The van der Waals surface area contributed by atoms with Gasteiger partial charge in [0.05, 0.1) is 6.54 Å². The Morgan fingerprint density at radius 1 is 1.53 bits per heavy atom. The van der Waals surface area contributed by atoms with E-state index in [0.29, 0.717) is 18.9 Å². The molecule has 1 unspecified atom stereocenters. The van der Waals surface area contributed by atoms with Crippen LogP contribution in [0.1, 0.15) is 39.0 Å². The molecule has 1 fully saturated rings. The normalized spacial score (nSPS) is 20.1. The summed E-state index contributed by atoms with van der Waals surface area (Å²) in [6.07, 6.45) is 2.56. The number of amides is 1. The second kappa shape index (κ2) is 5.49. The van der Waals surface area contributed by atoms with Gasteiger partial charge in [-0.15, -0.1) is 11.3 Å². The van der Waals surface area contributed by atoms with Gasteiger partial charge >= 0.3 is 0 Å². The number of carbonyl (C=O) groups is 1. The highest BCUT2D eigenvalue weighted by Crippen LogP contribution is 2.35. The number of aromatic nitrogens is 1. The molecule has 1 aliphatic rings. The first kappa shape index (κ1) is 14.3. The number of nitrogens with one attached hydrogen (secondary N) is 1. The molecule has 0 spiro atoms. The summed E-state index contributed by atoms with van der Waals surface area (Å²) in [7, 11) is 0. The van der Waals surface area contributed by atoms with E-state index >= 15 is 0 Å². The summed E-state index contributed by atoms with van der Waals surface area (Å²) >= 11 is 1.64. The van der Waals surface area contributed by atoms with Crippen LogP contribution in [0.15, 0.2) is 6.20 Å². The molecule has 1 aliphatic heterocycles. The van der Waals surface area contributed by atoms with Crippen LogP contribution in [0, 0.1) is 11.3 Å². The summed E-state index contributed by atoms with van der Waals surface area (Å²) in [4.78, 5) is 19.5. The van der Waals surface area contributed by atoms with Crippen LogP contribution in [0.25, 0.3) is 0 Å². The molecule has 0 bridgehead atoms. The average molecular weight is 281 g/mol. The van der Waals surface area contributed by atoms with Crippen LogP contribution in [0.4, 0.5) is 5.13 Å². The summed E-state index contributed by atoms with van der Waals surface area (Å²) in [5, 5.41) is 4.14. The van der Waals surface area contributed by atoms with Crippen molar-refractivity contribution in [2.45, 2.75) is 40.7 Å². The molecule has 1 N–H and O–H groups in total. The molecule has 1 aromatic rings. The van der Waals surface area contributed by atoms with Gasteiger partial charge in [-0.25, -0.2) is 4.98 Å². The van der Waals surface area contributed by atoms with Crippen molar-refractivity contribution < 1.29 is 4.79 Å². The first-order valence-corrected chi connectivity index (χ1v) is 7.68. The highest BCUT2D eigenvalue weighted by Gasteiger charge is 2.36. The molecule has 106 valence electrons.